The number of likely N-dealkylation sites (tertiary alicyclic amines) is 1. The third-order valence-corrected chi connectivity index (χ3v) is 4.95. The number of carbonyl (C=O) groups is 1. The third kappa shape index (κ3) is 2.83. The molecule has 0 aromatic carbocycles. The highest BCUT2D eigenvalue weighted by atomic mass is 32.1. The van der Waals surface area contributed by atoms with Gasteiger partial charge in [0.15, 0.2) is 0 Å². The Labute approximate surface area is 120 Å². The second-order valence-corrected chi connectivity index (χ2v) is 6.39. The Balaban J connectivity index is 1.54. The molecule has 1 N–H and O–H groups in total. The summed E-state index contributed by atoms with van der Waals surface area (Å²) in [4.78, 5) is 18.2. The smallest absolute Gasteiger partial charge is 0.262 e. The number of hydrogen-bond donors (Lipinski definition) is 1. The fourth-order valence-electron chi connectivity index (χ4n) is 2.89. The minimum absolute atomic E-state index is 0.181. The zero-order valence-electron chi connectivity index (χ0n) is 11.0. The van der Waals surface area contributed by atoms with Gasteiger partial charge in [-0.3, -0.25) is 10.1 Å². The van der Waals surface area contributed by atoms with Crippen LogP contribution in [0.2, 0.25) is 0 Å². The lowest BCUT2D eigenvalue weighted by molar-refractivity contribution is -0.134. The Bertz CT molecular complexity index is 472. The molecule has 110 valence electrons. The van der Waals surface area contributed by atoms with Crippen LogP contribution in [0.3, 0.4) is 0 Å². The zero-order chi connectivity index (χ0) is 14.2. The summed E-state index contributed by atoms with van der Waals surface area (Å²) in [6.45, 7) is 0.874. The highest BCUT2D eigenvalue weighted by Crippen LogP contribution is 2.31. The molecule has 0 radical (unpaired) electrons. The van der Waals surface area contributed by atoms with Gasteiger partial charge in [0.1, 0.15) is 0 Å². The minimum atomic E-state index is -2.75. The fraction of sp³-hybridized carbons (Fsp3) is 0.692. The van der Waals surface area contributed by atoms with Crippen molar-refractivity contribution in [2.75, 3.05) is 19.6 Å². The SMILES string of the molecule is O=C(C1CC(F)(F)CN1)N1CCC(c2nccs2)CC1. The van der Waals surface area contributed by atoms with Gasteiger partial charge in [0, 0.05) is 37.0 Å². The lowest BCUT2D eigenvalue weighted by Gasteiger charge is -2.32. The number of hydrogen-bond acceptors (Lipinski definition) is 4. The van der Waals surface area contributed by atoms with Gasteiger partial charge in [-0.2, -0.15) is 0 Å². The van der Waals surface area contributed by atoms with Gasteiger partial charge >= 0.3 is 0 Å². The average molecular weight is 301 g/mol. The molecule has 7 heteroatoms. The van der Waals surface area contributed by atoms with Crippen LogP contribution in [0.4, 0.5) is 8.78 Å². The summed E-state index contributed by atoms with van der Waals surface area (Å²) in [5, 5.41) is 5.70. The Hall–Kier alpha value is -1.08. The van der Waals surface area contributed by atoms with E-state index < -0.39 is 12.0 Å². The maximum Gasteiger partial charge on any atom is 0.262 e. The van der Waals surface area contributed by atoms with E-state index in [1.807, 2.05) is 5.38 Å². The molecule has 1 aromatic rings. The van der Waals surface area contributed by atoms with Crippen molar-refractivity contribution in [3.05, 3.63) is 16.6 Å². The normalized spacial score (nSPS) is 26.9. The van der Waals surface area contributed by atoms with Gasteiger partial charge in [-0.25, -0.2) is 13.8 Å². The standard InChI is InChI=1S/C13H17F2N3OS/c14-13(15)7-10(17-8-13)12(19)18-4-1-9(2-5-18)11-16-3-6-20-11/h3,6,9-10,17H,1-2,4-5,7-8H2. The number of rotatable bonds is 2. The Morgan fingerprint density at radius 2 is 2.20 bits per heavy atom. The van der Waals surface area contributed by atoms with E-state index in [0.717, 1.165) is 17.8 Å². The zero-order valence-corrected chi connectivity index (χ0v) is 11.8. The van der Waals surface area contributed by atoms with Crippen LogP contribution in [0, 0.1) is 0 Å². The molecule has 1 aromatic heterocycles. The van der Waals surface area contributed by atoms with Gasteiger partial charge < -0.3 is 4.90 Å². The summed E-state index contributed by atoms with van der Waals surface area (Å²) in [6, 6.07) is -0.721. The molecule has 3 rings (SSSR count). The topological polar surface area (TPSA) is 45.2 Å². The van der Waals surface area contributed by atoms with Crippen LogP contribution in [-0.4, -0.2) is 47.4 Å². The van der Waals surface area contributed by atoms with Crippen LogP contribution in [0.25, 0.3) is 0 Å². The van der Waals surface area contributed by atoms with E-state index in [1.165, 1.54) is 0 Å². The van der Waals surface area contributed by atoms with E-state index in [9.17, 15) is 13.6 Å². The number of aromatic nitrogens is 1. The Kier molecular flexibility index (Phi) is 3.72. The minimum Gasteiger partial charge on any atom is -0.341 e. The first kappa shape index (κ1) is 13.9. The lowest BCUT2D eigenvalue weighted by Crippen LogP contribution is -2.46. The molecule has 0 aliphatic carbocycles. The van der Waals surface area contributed by atoms with Crippen molar-refractivity contribution >= 4 is 17.2 Å². The second kappa shape index (κ2) is 5.37. The van der Waals surface area contributed by atoms with Gasteiger partial charge in [-0.15, -0.1) is 11.3 Å². The average Bonchev–Trinajstić information content (AvgIpc) is 3.07. The van der Waals surface area contributed by atoms with Crippen molar-refractivity contribution in [3.8, 4) is 0 Å². The first-order valence-electron chi connectivity index (χ1n) is 6.84. The van der Waals surface area contributed by atoms with E-state index in [0.29, 0.717) is 19.0 Å². The maximum absolute atomic E-state index is 13.1. The molecule has 0 bridgehead atoms. The summed E-state index contributed by atoms with van der Waals surface area (Å²) >= 11 is 1.64. The van der Waals surface area contributed by atoms with Crippen LogP contribution < -0.4 is 5.32 Å². The molecule has 2 saturated heterocycles. The van der Waals surface area contributed by atoms with Gasteiger partial charge in [-0.05, 0) is 12.8 Å². The van der Waals surface area contributed by atoms with Crippen LogP contribution in [0.5, 0.6) is 0 Å². The van der Waals surface area contributed by atoms with Gasteiger partial charge in [0.05, 0.1) is 17.6 Å². The lowest BCUT2D eigenvalue weighted by atomic mass is 9.97. The van der Waals surface area contributed by atoms with E-state index in [2.05, 4.69) is 10.3 Å². The number of amides is 1. The summed E-state index contributed by atoms with van der Waals surface area (Å²) < 4.78 is 26.3. The molecule has 0 spiro atoms. The van der Waals surface area contributed by atoms with Crippen molar-refractivity contribution in [3.63, 3.8) is 0 Å². The molecular formula is C13H17F2N3OS. The van der Waals surface area contributed by atoms with Crippen molar-refractivity contribution < 1.29 is 13.6 Å². The van der Waals surface area contributed by atoms with E-state index in [-0.39, 0.29) is 18.9 Å². The number of thiazole rings is 1. The van der Waals surface area contributed by atoms with Crippen LogP contribution in [-0.2, 0) is 4.79 Å². The summed E-state index contributed by atoms with van der Waals surface area (Å²) in [6.07, 6.45) is 3.14. The predicted octanol–water partition coefficient (Wildman–Crippen LogP) is 1.85. The molecule has 1 atom stereocenters. The van der Waals surface area contributed by atoms with E-state index in [1.54, 1.807) is 22.4 Å². The number of alkyl halides is 2. The van der Waals surface area contributed by atoms with E-state index in [4.69, 9.17) is 0 Å². The quantitative estimate of drug-likeness (QED) is 0.907. The predicted molar refractivity (Wildman–Crippen MR) is 72.0 cm³/mol. The molecule has 1 amide bonds. The van der Waals surface area contributed by atoms with Crippen LogP contribution >= 0.6 is 11.3 Å². The first-order valence-corrected chi connectivity index (χ1v) is 7.72. The van der Waals surface area contributed by atoms with Gasteiger partial charge in [-0.1, -0.05) is 0 Å². The van der Waals surface area contributed by atoms with Gasteiger partial charge in [0.25, 0.3) is 5.92 Å². The number of carbonyl (C=O) groups excluding carboxylic acids is 1. The molecule has 2 aliphatic heterocycles. The Morgan fingerprint density at radius 1 is 1.45 bits per heavy atom. The molecule has 2 fully saturated rings. The number of halogens is 2. The highest BCUT2D eigenvalue weighted by molar-refractivity contribution is 7.09. The molecule has 0 saturated carbocycles. The number of nitrogens with one attached hydrogen (secondary N) is 1. The van der Waals surface area contributed by atoms with Crippen LogP contribution in [0.1, 0.15) is 30.2 Å². The molecule has 1 unspecified atom stereocenters. The summed E-state index contributed by atoms with van der Waals surface area (Å²) in [5.74, 6) is -2.53. The van der Waals surface area contributed by atoms with Crippen molar-refractivity contribution in [1.82, 2.24) is 15.2 Å². The van der Waals surface area contributed by atoms with Crippen LogP contribution in [0.15, 0.2) is 11.6 Å². The number of piperidine rings is 1. The molecule has 2 aliphatic rings. The molecule has 3 heterocycles. The summed E-state index contributed by atoms with van der Waals surface area (Å²) in [7, 11) is 0. The fourth-order valence-corrected chi connectivity index (χ4v) is 3.70. The number of nitrogens with zero attached hydrogens (tertiary/aromatic N) is 2. The maximum atomic E-state index is 13.1. The first-order chi connectivity index (χ1) is 9.55. The largest absolute Gasteiger partial charge is 0.341 e. The summed E-state index contributed by atoms with van der Waals surface area (Å²) in [5.41, 5.74) is 0. The molecule has 4 nitrogen and oxygen atoms in total. The highest BCUT2D eigenvalue weighted by Gasteiger charge is 2.43. The third-order valence-electron chi connectivity index (χ3n) is 4.02. The van der Waals surface area contributed by atoms with E-state index >= 15 is 0 Å². The second-order valence-electron chi connectivity index (χ2n) is 5.46. The van der Waals surface area contributed by atoms with Crippen molar-refractivity contribution in [1.29, 1.82) is 0 Å². The Morgan fingerprint density at radius 3 is 2.75 bits per heavy atom. The van der Waals surface area contributed by atoms with Gasteiger partial charge in [0.2, 0.25) is 5.91 Å². The van der Waals surface area contributed by atoms with Crippen molar-refractivity contribution in [2.24, 2.45) is 0 Å². The monoisotopic (exact) mass is 301 g/mol. The van der Waals surface area contributed by atoms with Crippen molar-refractivity contribution in [2.45, 2.75) is 37.1 Å². The molecular weight excluding hydrogens is 284 g/mol. The molecule has 20 heavy (non-hydrogen) atoms.